The largest absolute Gasteiger partial charge is 0.468 e. The summed E-state index contributed by atoms with van der Waals surface area (Å²) in [6.45, 7) is 8.13. The molecule has 6 aliphatic rings. The molecular weight excluding hydrogens is 985 g/mol. The molecule has 3 aromatic carbocycles. The Morgan fingerprint density at radius 2 is 1.73 bits per heavy atom. The third-order valence-corrected chi connectivity index (χ3v) is 19.8. The van der Waals surface area contributed by atoms with Gasteiger partial charge in [-0.2, -0.15) is 4.98 Å². The highest BCUT2D eigenvalue weighted by Crippen LogP contribution is 2.54. The minimum atomic E-state index is -4.62. The van der Waals surface area contributed by atoms with Crippen LogP contribution in [-0.2, 0) is 29.3 Å². The molecule has 390 valence electrons. The fraction of sp³-hybridized carbons (Fsp3) is 0.481. The summed E-state index contributed by atoms with van der Waals surface area (Å²) < 4.78 is 72.1. The molecule has 7 heterocycles. The van der Waals surface area contributed by atoms with Gasteiger partial charge < -0.3 is 34.3 Å². The van der Waals surface area contributed by atoms with Crippen LogP contribution >= 0.6 is 0 Å². The SMILES string of the molecule is CC(C)(C#Cc1ccccc1[C@@H]1CCCN1C1CC2(CCN(c3ccc(C(=O)NS(=O)(=O)c4ccc(NCC5CCOCC5)c([N+](=O)[O-])c4)c(N4c5cc6cc[nH]c6nc5O[C@@H]5COC[C@H]54)c3)CC2)C1)S(C)(=O)=O. The van der Waals surface area contributed by atoms with E-state index in [4.69, 9.17) is 19.2 Å². The van der Waals surface area contributed by atoms with E-state index in [-0.39, 0.29) is 47.9 Å². The van der Waals surface area contributed by atoms with Gasteiger partial charge in [0.1, 0.15) is 27.9 Å². The van der Waals surface area contributed by atoms with Gasteiger partial charge in [-0.1, -0.05) is 30.0 Å². The number of rotatable bonds is 12. The molecule has 0 bridgehead atoms. The summed E-state index contributed by atoms with van der Waals surface area (Å²) in [5, 5.41) is 16.2. The Hall–Kier alpha value is -6.24. The molecule has 11 rings (SSSR count). The van der Waals surface area contributed by atoms with Gasteiger partial charge in [-0.05, 0) is 137 Å². The second-order valence-electron chi connectivity index (χ2n) is 21.4. The number of carbonyl (C=O) groups is 1. The highest BCUT2D eigenvalue weighted by Gasteiger charge is 2.50. The molecule has 20 heteroatoms. The van der Waals surface area contributed by atoms with Gasteiger partial charge in [0.2, 0.25) is 5.88 Å². The van der Waals surface area contributed by atoms with Crippen LogP contribution in [0.1, 0.15) is 92.7 Å². The standard InChI is InChI=1S/C54H62N8O10S2/c1-53(2,73(3,66)67)18-14-36-7-4-5-8-41(36)44-9-6-22-60(44)39-30-54(31-39)19-23-59(24-20-54)38-10-12-42(45(28-38)61-47-27-37-15-21-55-50(37)57-52(47)72-49-34-71-33-48(49)61)51(63)58-74(68,69)40-11-13-43(46(29-40)62(64)65)56-32-35-16-25-70-26-17-35/h4-5,7-8,10-13,15,21,27-29,35,39,44,48-49,56H,6,9,16-17,19-20,22-26,30-34H2,1-3H3,(H,55,57)(H,58,63)/t44-,48+,49+/m0/s1. The minimum Gasteiger partial charge on any atom is -0.468 e. The average Bonchev–Trinajstić information content (AvgIpc) is 4.17. The molecule has 1 aliphatic carbocycles. The first kappa shape index (κ1) is 49.9. The Morgan fingerprint density at radius 3 is 2.50 bits per heavy atom. The molecule has 5 aromatic rings. The van der Waals surface area contributed by atoms with Crippen molar-refractivity contribution in [3.63, 3.8) is 0 Å². The molecule has 5 aliphatic heterocycles. The van der Waals surface area contributed by atoms with Crippen molar-refractivity contribution in [2.75, 3.05) is 74.0 Å². The number of likely N-dealkylation sites (tertiary alicyclic amines) is 1. The monoisotopic (exact) mass is 1050 g/mol. The van der Waals surface area contributed by atoms with Crippen molar-refractivity contribution in [3.8, 4) is 17.7 Å². The van der Waals surface area contributed by atoms with Gasteiger partial charge in [0, 0.05) is 80.1 Å². The van der Waals surface area contributed by atoms with Gasteiger partial charge in [-0.15, -0.1) is 0 Å². The predicted octanol–water partition coefficient (Wildman–Crippen LogP) is 7.49. The van der Waals surface area contributed by atoms with Gasteiger partial charge in [0.25, 0.3) is 21.6 Å². The Balaban J connectivity index is 0.846. The van der Waals surface area contributed by atoms with Crippen molar-refractivity contribution in [2.24, 2.45) is 11.3 Å². The lowest BCUT2D eigenvalue weighted by Gasteiger charge is -2.56. The lowest BCUT2D eigenvalue weighted by molar-refractivity contribution is -0.384. The van der Waals surface area contributed by atoms with Crippen LogP contribution in [-0.4, -0.2) is 124 Å². The van der Waals surface area contributed by atoms with E-state index in [1.165, 1.54) is 18.4 Å². The summed E-state index contributed by atoms with van der Waals surface area (Å²) in [6.07, 6.45) is 10.4. The number of sulfone groups is 1. The number of nitrogens with one attached hydrogen (secondary N) is 3. The van der Waals surface area contributed by atoms with E-state index in [2.05, 4.69) is 42.7 Å². The van der Waals surface area contributed by atoms with Gasteiger partial charge in [0.05, 0.1) is 40.3 Å². The number of nitro benzene ring substituents is 1. The van der Waals surface area contributed by atoms with Crippen LogP contribution in [0.3, 0.4) is 0 Å². The molecule has 3 N–H and O–H groups in total. The normalized spacial score (nSPS) is 22.3. The molecule has 2 aromatic heterocycles. The summed E-state index contributed by atoms with van der Waals surface area (Å²) >= 11 is 0. The molecular formula is C54H62N8O10S2. The fourth-order valence-corrected chi connectivity index (χ4v) is 13.1. The summed E-state index contributed by atoms with van der Waals surface area (Å²) in [5.74, 6) is 6.00. The number of piperidine rings is 1. The lowest BCUT2D eigenvalue weighted by atomic mass is 9.59. The summed E-state index contributed by atoms with van der Waals surface area (Å²) in [6, 6.07) is 21.3. The zero-order valence-corrected chi connectivity index (χ0v) is 43.5. The summed E-state index contributed by atoms with van der Waals surface area (Å²) in [7, 11) is -7.99. The van der Waals surface area contributed by atoms with Crippen molar-refractivity contribution in [1.29, 1.82) is 0 Å². The number of H-pyrrole nitrogens is 1. The van der Waals surface area contributed by atoms with Crippen LogP contribution in [0.15, 0.2) is 83.9 Å². The number of hydrogen-bond acceptors (Lipinski definition) is 15. The molecule has 3 atom stereocenters. The smallest absolute Gasteiger partial charge is 0.293 e. The van der Waals surface area contributed by atoms with Crippen molar-refractivity contribution < 1.29 is 40.8 Å². The molecule has 1 saturated carbocycles. The minimum absolute atomic E-state index is 0.0800. The van der Waals surface area contributed by atoms with Crippen molar-refractivity contribution in [3.05, 3.63) is 106 Å². The molecule has 1 spiro atoms. The third-order valence-electron chi connectivity index (χ3n) is 16.5. The molecule has 18 nitrogen and oxygen atoms in total. The Kier molecular flexibility index (Phi) is 13.1. The molecule has 74 heavy (non-hydrogen) atoms. The number of anilines is 4. The number of aromatic nitrogens is 2. The van der Waals surface area contributed by atoms with E-state index < -0.39 is 52.1 Å². The van der Waals surface area contributed by atoms with E-state index in [0.717, 1.165) is 99.3 Å². The topological polar surface area (TPSA) is 219 Å². The zero-order valence-electron chi connectivity index (χ0n) is 41.8. The van der Waals surface area contributed by atoms with Crippen LogP contribution in [0.5, 0.6) is 5.88 Å². The molecule has 4 saturated heterocycles. The maximum atomic E-state index is 14.6. The number of pyridine rings is 1. The Labute approximate surface area is 431 Å². The van der Waals surface area contributed by atoms with Crippen LogP contribution in [0.25, 0.3) is 11.0 Å². The molecule has 0 unspecified atom stereocenters. The number of nitrogens with zero attached hydrogens (tertiary/aromatic N) is 5. The number of benzene rings is 3. The van der Waals surface area contributed by atoms with Gasteiger partial charge in [-0.3, -0.25) is 19.8 Å². The van der Waals surface area contributed by atoms with E-state index >= 15 is 0 Å². The van der Waals surface area contributed by atoms with Gasteiger partial charge in [0.15, 0.2) is 9.84 Å². The number of fused-ring (bicyclic) bond motifs is 3. The molecule has 1 amide bonds. The quantitative estimate of drug-likeness (QED) is 0.0627. The van der Waals surface area contributed by atoms with Gasteiger partial charge in [-0.25, -0.2) is 21.6 Å². The maximum Gasteiger partial charge on any atom is 0.293 e. The zero-order chi connectivity index (χ0) is 51.6. The second-order valence-corrected chi connectivity index (χ2v) is 25.7. The number of aromatic amines is 1. The highest BCUT2D eigenvalue weighted by molar-refractivity contribution is 7.92. The van der Waals surface area contributed by atoms with Crippen molar-refractivity contribution >= 4 is 65.2 Å². The van der Waals surface area contributed by atoms with E-state index in [0.29, 0.717) is 48.7 Å². The number of carbonyl (C=O) groups excluding carboxylic acids is 1. The summed E-state index contributed by atoms with van der Waals surface area (Å²) in [4.78, 5) is 40.8. The van der Waals surface area contributed by atoms with Crippen molar-refractivity contribution in [2.45, 2.75) is 99.1 Å². The number of ether oxygens (including phenoxy) is 3. The van der Waals surface area contributed by atoms with E-state index in [9.17, 15) is 31.7 Å². The fourth-order valence-electron chi connectivity index (χ4n) is 11.8. The number of hydrogen-bond donors (Lipinski definition) is 3. The van der Waals surface area contributed by atoms with Crippen LogP contribution in [0, 0.1) is 33.3 Å². The average molecular weight is 1050 g/mol. The first-order valence-corrected chi connectivity index (χ1v) is 29.0. The number of nitro groups is 1. The maximum absolute atomic E-state index is 14.6. The summed E-state index contributed by atoms with van der Waals surface area (Å²) in [5.41, 5.74) is 4.62. The Morgan fingerprint density at radius 1 is 0.946 bits per heavy atom. The molecule has 5 fully saturated rings. The Bertz CT molecular complexity index is 3290. The van der Waals surface area contributed by atoms with Crippen molar-refractivity contribution in [1.82, 2.24) is 19.6 Å². The second kappa shape index (κ2) is 19.5. The van der Waals surface area contributed by atoms with E-state index in [1.807, 2.05) is 47.4 Å². The third kappa shape index (κ3) is 9.57. The number of amides is 1. The predicted molar refractivity (Wildman–Crippen MR) is 281 cm³/mol. The first-order valence-electron chi connectivity index (χ1n) is 25.6. The lowest BCUT2D eigenvalue weighted by Crippen LogP contribution is -2.55. The number of sulfonamides is 1. The van der Waals surface area contributed by atoms with E-state index in [1.54, 1.807) is 26.1 Å². The van der Waals surface area contributed by atoms with Gasteiger partial charge >= 0.3 is 0 Å². The van der Waals surface area contributed by atoms with Crippen LogP contribution in [0.4, 0.5) is 28.4 Å². The first-order chi connectivity index (χ1) is 35.5. The molecule has 0 radical (unpaired) electrons. The van der Waals surface area contributed by atoms with Crippen LogP contribution in [0.2, 0.25) is 0 Å². The highest BCUT2D eigenvalue weighted by atomic mass is 32.2. The van der Waals surface area contributed by atoms with Crippen LogP contribution < -0.4 is 24.6 Å².